The van der Waals surface area contributed by atoms with Crippen LogP contribution in [0.1, 0.15) is 39.0 Å². The Balaban J connectivity index is 2.67. The molecule has 0 amide bonds. The molecule has 0 bridgehead atoms. The second kappa shape index (κ2) is 5.43. The van der Waals surface area contributed by atoms with Crippen molar-refractivity contribution in [2.45, 2.75) is 39.0 Å². The standard InChI is InChI=1S/C10H15BrO2/c1-2-13-10(12)8-6-4-3-5-7-9(8)11/h2-7H2,1H3. The lowest BCUT2D eigenvalue weighted by atomic mass is 10.1. The molecule has 0 unspecified atom stereocenters. The smallest absolute Gasteiger partial charge is 0.334 e. The van der Waals surface area contributed by atoms with Crippen molar-refractivity contribution in [1.82, 2.24) is 0 Å². The van der Waals surface area contributed by atoms with Gasteiger partial charge in [0.15, 0.2) is 0 Å². The van der Waals surface area contributed by atoms with Crippen molar-refractivity contribution in [1.29, 1.82) is 0 Å². The predicted octanol–water partition coefficient (Wildman–Crippen LogP) is 3.16. The van der Waals surface area contributed by atoms with Crippen LogP contribution in [0, 0.1) is 0 Å². The summed E-state index contributed by atoms with van der Waals surface area (Å²) in [6, 6.07) is 0. The van der Waals surface area contributed by atoms with E-state index in [9.17, 15) is 4.79 Å². The Morgan fingerprint density at radius 3 is 2.77 bits per heavy atom. The Morgan fingerprint density at radius 1 is 1.38 bits per heavy atom. The number of carbonyl (C=O) groups is 1. The maximum Gasteiger partial charge on any atom is 0.334 e. The maximum absolute atomic E-state index is 11.5. The van der Waals surface area contributed by atoms with Crippen LogP contribution < -0.4 is 0 Å². The molecule has 0 aromatic carbocycles. The van der Waals surface area contributed by atoms with Crippen molar-refractivity contribution in [3.8, 4) is 0 Å². The van der Waals surface area contributed by atoms with Crippen molar-refractivity contribution < 1.29 is 9.53 Å². The first-order valence-electron chi connectivity index (χ1n) is 4.80. The Hall–Kier alpha value is -0.310. The zero-order valence-electron chi connectivity index (χ0n) is 7.94. The first kappa shape index (κ1) is 10.8. The number of carbonyl (C=O) groups excluding carboxylic acids is 1. The van der Waals surface area contributed by atoms with Gasteiger partial charge in [-0.3, -0.25) is 0 Å². The van der Waals surface area contributed by atoms with Gasteiger partial charge in [-0.25, -0.2) is 4.79 Å². The van der Waals surface area contributed by atoms with E-state index in [0.717, 1.165) is 29.3 Å². The van der Waals surface area contributed by atoms with E-state index >= 15 is 0 Å². The molecule has 1 rings (SSSR count). The van der Waals surface area contributed by atoms with Crippen LogP contribution in [0.4, 0.5) is 0 Å². The lowest BCUT2D eigenvalue weighted by Gasteiger charge is -2.06. The van der Waals surface area contributed by atoms with E-state index in [-0.39, 0.29) is 5.97 Å². The van der Waals surface area contributed by atoms with E-state index in [1.807, 2.05) is 6.92 Å². The first-order valence-corrected chi connectivity index (χ1v) is 5.59. The highest BCUT2D eigenvalue weighted by molar-refractivity contribution is 9.11. The molecule has 0 spiro atoms. The monoisotopic (exact) mass is 246 g/mol. The molecular formula is C10H15BrO2. The minimum absolute atomic E-state index is 0.142. The summed E-state index contributed by atoms with van der Waals surface area (Å²) >= 11 is 3.45. The second-order valence-electron chi connectivity index (χ2n) is 3.16. The van der Waals surface area contributed by atoms with E-state index < -0.39 is 0 Å². The third-order valence-electron chi connectivity index (χ3n) is 2.17. The molecule has 0 aromatic heterocycles. The highest BCUT2D eigenvalue weighted by Crippen LogP contribution is 2.28. The van der Waals surface area contributed by atoms with Gasteiger partial charge in [-0.05, 0) is 32.6 Å². The number of hydrogen-bond donors (Lipinski definition) is 0. The van der Waals surface area contributed by atoms with Crippen LogP contribution in [0.15, 0.2) is 10.1 Å². The molecule has 0 aliphatic heterocycles. The molecule has 0 fully saturated rings. The molecule has 0 N–H and O–H groups in total. The number of esters is 1. The molecular weight excluding hydrogens is 232 g/mol. The van der Waals surface area contributed by atoms with Crippen LogP contribution in [-0.4, -0.2) is 12.6 Å². The van der Waals surface area contributed by atoms with Crippen molar-refractivity contribution in [3.05, 3.63) is 10.1 Å². The zero-order chi connectivity index (χ0) is 9.68. The van der Waals surface area contributed by atoms with E-state index in [1.54, 1.807) is 0 Å². The minimum Gasteiger partial charge on any atom is -0.463 e. The third kappa shape index (κ3) is 3.14. The summed E-state index contributed by atoms with van der Waals surface area (Å²) < 4.78 is 6.03. The Labute approximate surface area is 87.5 Å². The Kier molecular flexibility index (Phi) is 4.50. The van der Waals surface area contributed by atoms with E-state index in [4.69, 9.17) is 4.74 Å². The molecule has 74 valence electrons. The minimum atomic E-state index is -0.142. The van der Waals surface area contributed by atoms with Crippen LogP contribution in [0.25, 0.3) is 0 Å². The summed E-state index contributed by atoms with van der Waals surface area (Å²) in [5.74, 6) is -0.142. The van der Waals surface area contributed by atoms with Crippen LogP contribution in [-0.2, 0) is 9.53 Å². The van der Waals surface area contributed by atoms with Gasteiger partial charge >= 0.3 is 5.97 Å². The molecule has 3 heteroatoms. The Bertz CT molecular complexity index is 221. The molecule has 2 nitrogen and oxygen atoms in total. The molecule has 13 heavy (non-hydrogen) atoms. The van der Waals surface area contributed by atoms with Gasteiger partial charge in [0, 0.05) is 10.1 Å². The summed E-state index contributed by atoms with van der Waals surface area (Å²) in [4.78, 5) is 11.5. The quantitative estimate of drug-likeness (QED) is 0.700. The average Bonchev–Trinajstić information content (AvgIpc) is 2.30. The lowest BCUT2D eigenvalue weighted by molar-refractivity contribution is -0.138. The molecule has 0 heterocycles. The van der Waals surface area contributed by atoms with Gasteiger partial charge in [0.2, 0.25) is 0 Å². The van der Waals surface area contributed by atoms with Gasteiger partial charge in [-0.1, -0.05) is 22.4 Å². The van der Waals surface area contributed by atoms with Gasteiger partial charge in [-0.15, -0.1) is 0 Å². The number of rotatable bonds is 2. The van der Waals surface area contributed by atoms with Crippen molar-refractivity contribution >= 4 is 21.9 Å². The fourth-order valence-electron chi connectivity index (χ4n) is 1.48. The van der Waals surface area contributed by atoms with Crippen molar-refractivity contribution in [2.24, 2.45) is 0 Å². The van der Waals surface area contributed by atoms with Crippen molar-refractivity contribution in [3.63, 3.8) is 0 Å². The number of halogens is 1. The first-order chi connectivity index (χ1) is 6.25. The summed E-state index contributed by atoms with van der Waals surface area (Å²) in [6.07, 6.45) is 5.32. The van der Waals surface area contributed by atoms with Gasteiger partial charge in [0.05, 0.1) is 6.61 Å². The highest BCUT2D eigenvalue weighted by atomic mass is 79.9. The van der Waals surface area contributed by atoms with Gasteiger partial charge in [0.1, 0.15) is 0 Å². The SMILES string of the molecule is CCOC(=O)C1=C(Br)CCCCC1. The van der Waals surface area contributed by atoms with E-state index in [0.29, 0.717) is 6.61 Å². The topological polar surface area (TPSA) is 26.3 Å². The fourth-order valence-corrected chi connectivity index (χ4v) is 2.12. The van der Waals surface area contributed by atoms with Gasteiger partial charge in [0.25, 0.3) is 0 Å². The molecule has 0 atom stereocenters. The van der Waals surface area contributed by atoms with E-state index in [1.165, 1.54) is 12.8 Å². The Morgan fingerprint density at radius 2 is 2.08 bits per heavy atom. The molecule has 0 saturated carbocycles. The molecule has 1 aliphatic rings. The number of hydrogen-bond acceptors (Lipinski definition) is 2. The summed E-state index contributed by atoms with van der Waals surface area (Å²) in [7, 11) is 0. The van der Waals surface area contributed by atoms with Crippen LogP contribution in [0.2, 0.25) is 0 Å². The zero-order valence-corrected chi connectivity index (χ0v) is 9.52. The molecule has 0 aromatic rings. The molecule has 0 radical (unpaired) electrons. The van der Waals surface area contributed by atoms with Crippen molar-refractivity contribution in [2.75, 3.05) is 6.61 Å². The lowest BCUT2D eigenvalue weighted by Crippen LogP contribution is -2.08. The maximum atomic E-state index is 11.5. The third-order valence-corrected chi connectivity index (χ3v) is 3.05. The van der Waals surface area contributed by atoms with Gasteiger partial charge < -0.3 is 4.74 Å². The second-order valence-corrected chi connectivity index (χ2v) is 4.12. The van der Waals surface area contributed by atoms with Crippen LogP contribution >= 0.6 is 15.9 Å². The normalized spacial score (nSPS) is 18.3. The average molecular weight is 247 g/mol. The predicted molar refractivity (Wildman–Crippen MR) is 55.7 cm³/mol. The van der Waals surface area contributed by atoms with Crippen LogP contribution in [0.3, 0.4) is 0 Å². The van der Waals surface area contributed by atoms with E-state index in [2.05, 4.69) is 15.9 Å². The molecule has 0 saturated heterocycles. The summed E-state index contributed by atoms with van der Waals surface area (Å²) in [6.45, 7) is 2.30. The van der Waals surface area contributed by atoms with Gasteiger partial charge in [-0.2, -0.15) is 0 Å². The summed E-state index contributed by atoms with van der Waals surface area (Å²) in [5, 5.41) is 0. The van der Waals surface area contributed by atoms with Crippen LogP contribution in [0.5, 0.6) is 0 Å². The largest absolute Gasteiger partial charge is 0.463 e. The number of ether oxygens (including phenoxy) is 1. The highest BCUT2D eigenvalue weighted by Gasteiger charge is 2.16. The molecule has 1 aliphatic carbocycles. The summed E-state index contributed by atoms with van der Waals surface area (Å²) in [5.41, 5.74) is 0.847. The fraction of sp³-hybridized carbons (Fsp3) is 0.700. The number of allylic oxidation sites excluding steroid dienone is 1.